The van der Waals surface area contributed by atoms with Crippen LogP contribution in [-0.2, 0) is 16.1 Å². The van der Waals surface area contributed by atoms with Crippen molar-refractivity contribution in [2.75, 3.05) is 17.7 Å². The van der Waals surface area contributed by atoms with Gasteiger partial charge in [-0.05, 0) is 43.7 Å². The zero-order chi connectivity index (χ0) is 21.8. The van der Waals surface area contributed by atoms with Gasteiger partial charge in [0.25, 0.3) is 0 Å². The van der Waals surface area contributed by atoms with Gasteiger partial charge in [-0.2, -0.15) is 0 Å². The van der Waals surface area contributed by atoms with E-state index in [4.69, 9.17) is 20.9 Å². The van der Waals surface area contributed by atoms with Gasteiger partial charge >= 0.3 is 18.0 Å². The molecule has 5 N–H and O–H groups in total. The smallest absolute Gasteiger partial charge is 0.348 e. The number of esters is 2. The summed E-state index contributed by atoms with van der Waals surface area (Å²) in [5, 5.41) is 2.97. The van der Waals surface area contributed by atoms with E-state index in [0.29, 0.717) is 26.3 Å². The third kappa shape index (κ3) is 4.46. The summed E-state index contributed by atoms with van der Waals surface area (Å²) in [7, 11) is 0. The van der Waals surface area contributed by atoms with Crippen molar-refractivity contribution in [3.8, 4) is 0 Å². The maximum absolute atomic E-state index is 12.2. The highest BCUT2D eigenvalue weighted by Crippen LogP contribution is 2.33. The molecule has 11 heteroatoms. The van der Waals surface area contributed by atoms with E-state index in [1.807, 2.05) is 0 Å². The van der Waals surface area contributed by atoms with Crippen molar-refractivity contribution in [3.63, 3.8) is 0 Å². The fraction of sp³-hybridized carbons (Fsp3) is 0.211. The van der Waals surface area contributed by atoms with Crippen LogP contribution in [0, 0.1) is 6.92 Å². The van der Waals surface area contributed by atoms with Gasteiger partial charge in [0, 0.05) is 5.69 Å². The lowest BCUT2D eigenvalue weighted by Crippen LogP contribution is -2.19. The first kappa shape index (κ1) is 21.0. The molecular formula is C19H19N5O5S. The average Bonchev–Trinajstić information content (AvgIpc) is 3.03. The molecule has 0 spiro atoms. The first-order chi connectivity index (χ1) is 14.3. The Morgan fingerprint density at radius 1 is 1.10 bits per heavy atom. The normalized spacial score (nSPS) is 10.6. The Morgan fingerprint density at radius 2 is 1.80 bits per heavy atom. The van der Waals surface area contributed by atoms with E-state index in [-0.39, 0.29) is 30.4 Å². The van der Waals surface area contributed by atoms with Crippen molar-refractivity contribution in [2.24, 2.45) is 5.73 Å². The van der Waals surface area contributed by atoms with Crippen LogP contribution in [0.25, 0.3) is 10.2 Å². The van der Waals surface area contributed by atoms with Gasteiger partial charge in [0.05, 0.1) is 17.6 Å². The number of nitrogens with one attached hydrogen (secondary N) is 1. The van der Waals surface area contributed by atoms with Crippen molar-refractivity contribution in [3.05, 3.63) is 46.1 Å². The van der Waals surface area contributed by atoms with Crippen LogP contribution in [-0.4, -0.2) is 34.5 Å². The molecule has 2 heterocycles. The van der Waals surface area contributed by atoms with Crippen molar-refractivity contribution >= 4 is 51.0 Å². The topological polar surface area (TPSA) is 160 Å². The van der Waals surface area contributed by atoms with Crippen LogP contribution >= 0.6 is 11.3 Å². The Kier molecular flexibility index (Phi) is 6.11. The second-order valence-corrected chi connectivity index (χ2v) is 7.12. The molecule has 0 atom stereocenters. The summed E-state index contributed by atoms with van der Waals surface area (Å²) >= 11 is 1.15. The average molecular weight is 429 g/mol. The second kappa shape index (κ2) is 8.74. The quantitative estimate of drug-likeness (QED) is 0.504. The van der Waals surface area contributed by atoms with Crippen LogP contribution < -0.4 is 16.8 Å². The van der Waals surface area contributed by atoms with Crippen LogP contribution in [0.4, 0.5) is 16.3 Å². The van der Waals surface area contributed by atoms with Crippen molar-refractivity contribution in [2.45, 2.75) is 20.5 Å². The third-order valence-electron chi connectivity index (χ3n) is 4.05. The van der Waals surface area contributed by atoms with Crippen molar-refractivity contribution in [1.29, 1.82) is 0 Å². The van der Waals surface area contributed by atoms with Gasteiger partial charge in [-0.15, -0.1) is 11.3 Å². The Hall–Kier alpha value is -3.73. The van der Waals surface area contributed by atoms with E-state index in [0.717, 1.165) is 11.3 Å². The van der Waals surface area contributed by atoms with E-state index in [1.165, 1.54) is 24.3 Å². The predicted octanol–water partition coefficient (Wildman–Crippen LogP) is 2.61. The number of primary amides is 1. The largest absolute Gasteiger partial charge is 0.462 e. The molecule has 0 saturated carbocycles. The molecule has 0 aliphatic rings. The lowest BCUT2D eigenvalue weighted by atomic mass is 10.2. The molecule has 156 valence electrons. The summed E-state index contributed by atoms with van der Waals surface area (Å²) in [5.74, 6) is -0.647. The maximum atomic E-state index is 12.2. The molecule has 0 unspecified atom stereocenters. The van der Waals surface area contributed by atoms with Crippen LogP contribution in [0.2, 0.25) is 0 Å². The zero-order valence-electron chi connectivity index (χ0n) is 16.2. The van der Waals surface area contributed by atoms with E-state index in [9.17, 15) is 14.4 Å². The number of aryl methyl sites for hydroxylation is 1. The molecule has 0 radical (unpaired) electrons. The molecule has 0 fully saturated rings. The number of ether oxygens (including phenoxy) is 2. The SMILES string of the molecule is CCOC(=O)c1sc2nc(COC(=O)c3ccc(NC(N)=O)cc3)nc(N)c2c1C. The number of hydrogen-bond donors (Lipinski definition) is 3. The number of nitrogens with two attached hydrogens (primary N) is 2. The Bertz CT molecular complexity index is 1130. The second-order valence-electron chi connectivity index (χ2n) is 6.12. The van der Waals surface area contributed by atoms with Gasteiger partial charge in [-0.25, -0.2) is 24.4 Å². The predicted molar refractivity (Wildman–Crippen MR) is 111 cm³/mol. The molecule has 3 rings (SSSR count). The fourth-order valence-corrected chi connectivity index (χ4v) is 3.82. The minimum absolute atomic E-state index is 0.192. The molecule has 0 aliphatic carbocycles. The standard InChI is InChI=1S/C19H19N5O5S/c1-3-28-18(26)14-9(2)13-15(20)23-12(24-16(13)30-14)8-29-17(25)10-4-6-11(7-5-10)22-19(21)27/h4-7H,3,8H2,1-2H3,(H2,20,23,24)(H3,21,22,27). The van der Waals surface area contributed by atoms with E-state index < -0.39 is 18.0 Å². The Labute approximate surface area is 175 Å². The highest BCUT2D eigenvalue weighted by atomic mass is 32.1. The molecule has 0 bridgehead atoms. The molecule has 1 aromatic carbocycles. The van der Waals surface area contributed by atoms with Gasteiger partial charge in [0.1, 0.15) is 15.5 Å². The minimum atomic E-state index is -0.703. The first-order valence-electron chi connectivity index (χ1n) is 8.86. The molecule has 2 amide bonds. The van der Waals surface area contributed by atoms with E-state index in [1.54, 1.807) is 13.8 Å². The molecule has 0 saturated heterocycles. The van der Waals surface area contributed by atoms with Gasteiger partial charge in [0.2, 0.25) is 0 Å². The van der Waals surface area contributed by atoms with Crippen molar-refractivity contribution < 1.29 is 23.9 Å². The highest BCUT2D eigenvalue weighted by molar-refractivity contribution is 7.20. The molecule has 30 heavy (non-hydrogen) atoms. The highest BCUT2D eigenvalue weighted by Gasteiger charge is 2.21. The molecule has 3 aromatic rings. The zero-order valence-corrected chi connectivity index (χ0v) is 17.0. The summed E-state index contributed by atoms with van der Waals surface area (Å²) in [6.45, 7) is 3.53. The van der Waals surface area contributed by atoms with E-state index >= 15 is 0 Å². The van der Waals surface area contributed by atoms with Gasteiger partial charge < -0.3 is 26.3 Å². The number of nitrogen functional groups attached to an aromatic ring is 1. The van der Waals surface area contributed by atoms with E-state index in [2.05, 4.69) is 15.3 Å². The summed E-state index contributed by atoms with van der Waals surface area (Å²) in [5.41, 5.74) is 12.5. The van der Waals surface area contributed by atoms with Crippen molar-refractivity contribution in [1.82, 2.24) is 9.97 Å². The lowest BCUT2D eigenvalue weighted by molar-refractivity contribution is 0.0461. The minimum Gasteiger partial charge on any atom is -0.462 e. The van der Waals surface area contributed by atoms with Gasteiger partial charge in [-0.1, -0.05) is 0 Å². The summed E-state index contributed by atoms with van der Waals surface area (Å²) in [4.78, 5) is 44.6. The number of nitrogens with zero attached hydrogens (tertiary/aromatic N) is 2. The lowest BCUT2D eigenvalue weighted by Gasteiger charge is -2.06. The number of hydrogen-bond acceptors (Lipinski definition) is 9. The first-order valence-corrected chi connectivity index (χ1v) is 9.68. The monoisotopic (exact) mass is 429 g/mol. The summed E-state index contributed by atoms with van der Waals surface area (Å²) in [6.07, 6.45) is 0. The maximum Gasteiger partial charge on any atom is 0.348 e. The van der Waals surface area contributed by atoms with Crippen LogP contribution in [0.3, 0.4) is 0 Å². The number of urea groups is 1. The van der Waals surface area contributed by atoms with Crippen LogP contribution in [0.1, 0.15) is 38.3 Å². The third-order valence-corrected chi connectivity index (χ3v) is 5.21. The number of carbonyl (C=O) groups excluding carboxylic acids is 3. The van der Waals surface area contributed by atoms with Crippen LogP contribution in [0.5, 0.6) is 0 Å². The number of thiophene rings is 1. The summed E-state index contributed by atoms with van der Waals surface area (Å²) in [6, 6.07) is 5.31. The molecular weight excluding hydrogens is 410 g/mol. The number of fused-ring (bicyclic) bond motifs is 1. The number of aromatic nitrogens is 2. The Morgan fingerprint density at radius 3 is 2.43 bits per heavy atom. The molecule has 10 nitrogen and oxygen atoms in total. The number of carbonyl (C=O) groups is 3. The number of rotatable bonds is 6. The number of amides is 2. The molecule has 2 aromatic heterocycles. The molecule has 0 aliphatic heterocycles. The van der Waals surface area contributed by atoms with Gasteiger partial charge in [0.15, 0.2) is 12.4 Å². The fourth-order valence-electron chi connectivity index (χ4n) is 2.72. The number of benzene rings is 1. The number of anilines is 2. The van der Waals surface area contributed by atoms with Crippen LogP contribution in [0.15, 0.2) is 24.3 Å². The Balaban J connectivity index is 1.75. The van der Waals surface area contributed by atoms with Gasteiger partial charge in [-0.3, -0.25) is 0 Å². The summed E-state index contributed by atoms with van der Waals surface area (Å²) < 4.78 is 10.3.